The van der Waals surface area contributed by atoms with E-state index in [0.717, 1.165) is 18.1 Å². The average molecular weight is 404 g/mol. The molecule has 1 N–H and O–H groups in total. The van der Waals surface area contributed by atoms with E-state index < -0.39 is 14.9 Å². The molecule has 0 radical (unpaired) electrons. The Bertz CT molecular complexity index is 940. The van der Waals surface area contributed by atoms with Crippen LogP contribution in [-0.2, 0) is 16.6 Å². The fraction of sp³-hybridized carbons (Fsp3) is 0.421. The number of nitro benzene ring substituents is 1. The maximum absolute atomic E-state index is 13.0. The quantitative estimate of drug-likeness (QED) is 0.585. The van der Waals surface area contributed by atoms with Gasteiger partial charge in [-0.1, -0.05) is 19.9 Å². The van der Waals surface area contributed by atoms with Crippen LogP contribution in [0.2, 0.25) is 0 Å². The van der Waals surface area contributed by atoms with Crippen molar-refractivity contribution in [2.24, 2.45) is 11.8 Å². The fourth-order valence-corrected chi connectivity index (χ4v) is 5.32. The van der Waals surface area contributed by atoms with Gasteiger partial charge in [-0.15, -0.1) is 0 Å². The second kappa shape index (κ2) is 8.24. The van der Waals surface area contributed by atoms with E-state index in [0.29, 0.717) is 19.6 Å². The van der Waals surface area contributed by atoms with Gasteiger partial charge in [0.05, 0.1) is 9.82 Å². The molecule has 3 rings (SSSR count). The summed E-state index contributed by atoms with van der Waals surface area (Å²) in [7, 11) is -3.78. The highest BCUT2D eigenvalue weighted by Gasteiger charge is 2.33. The summed E-state index contributed by atoms with van der Waals surface area (Å²) in [6.45, 7) is 5.25. The number of hydrogen-bond donors (Lipinski definition) is 1. The van der Waals surface area contributed by atoms with E-state index >= 15 is 0 Å². The summed E-state index contributed by atoms with van der Waals surface area (Å²) in [5.74, 6) is 0.517. The summed E-state index contributed by atoms with van der Waals surface area (Å²) in [6.07, 6.45) is 4.29. The van der Waals surface area contributed by atoms with Gasteiger partial charge < -0.3 is 5.32 Å². The van der Waals surface area contributed by atoms with Crippen molar-refractivity contribution in [2.45, 2.75) is 31.7 Å². The van der Waals surface area contributed by atoms with Gasteiger partial charge in [-0.25, -0.2) is 8.42 Å². The predicted molar refractivity (Wildman–Crippen MR) is 106 cm³/mol. The second-order valence-electron chi connectivity index (χ2n) is 7.42. The minimum atomic E-state index is -3.78. The molecule has 1 aromatic heterocycles. The Balaban J connectivity index is 1.86. The molecule has 8 nitrogen and oxygen atoms in total. The number of piperidine rings is 1. The van der Waals surface area contributed by atoms with Crippen molar-refractivity contribution in [2.75, 3.05) is 18.4 Å². The fourth-order valence-electron chi connectivity index (χ4n) is 3.62. The number of pyridine rings is 1. The first kappa shape index (κ1) is 20.2. The average Bonchev–Trinajstić information content (AvgIpc) is 2.66. The number of nitrogens with one attached hydrogen (secondary N) is 1. The van der Waals surface area contributed by atoms with Crippen LogP contribution in [0.4, 0.5) is 11.4 Å². The van der Waals surface area contributed by atoms with Crippen molar-refractivity contribution in [1.82, 2.24) is 9.29 Å². The Hall–Kier alpha value is -2.52. The van der Waals surface area contributed by atoms with Crippen molar-refractivity contribution >= 4 is 21.4 Å². The third kappa shape index (κ3) is 4.48. The molecule has 0 amide bonds. The van der Waals surface area contributed by atoms with E-state index in [1.165, 1.54) is 16.4 Å². The van der Waals surface area contributed by atoms with E-state index in [9.17, 15) is 18.5 Å². The maximum atomic E-state index is 13.0. The normalized spacial score (nSPS) is 20.6. The molecule has 2 heterocycles. The largest absolute Gasteiger partial charge is 0.375 e. The third-order valence-electron chi connectivity index (χ3n) is 4.84. The number of hydrogen-bond acceptors (Lipinski definition) is 6. The Morgan fingerprint density at radius 3 is 2.57 bits per heavy atom. The van der Waals surface area contributed by atoms with Crippen LogP contribution >= 0.6 is 0 Å². The maximum Gasteiger partial charge on any atom is 0.293 e. The molecular weight excluding hydrogens is 380 g/mol. The summed E-state index contributed by atoms with van der Waals surface area (Å²) >= 11 is 0. The number of rotatable bonds is 6. The van der Waals surface area contributed by atoms with Gasteiger partial charge in [0, 0.05) is 38.1 Å². The first-order chi connectivity index (χ1) is 13.3. The molecular formula is C19H24N4O4S. The summed E-state index contributed by atoms with van der Waals surface area (Å²) in [5, 5.41) is 14.5. The van der Waals surface area contributed by atoms with Gasteiger partial charge in [-0.05, 0) is 42.0 Å². The van der Waals surface area contributed by atoms with E-state index in [1.54, 1.807) is 18.5 Å². The molecule has 0 unspecified atom stereocenters. The molecule has 0 spiro atoms. The minimum absolute atomic E-state index is 0.0487. The zero-order chi connectivity index (χ0) is 20.3. The van der Waals surface area contributed by atoms with Crippen molar-refractivity contribution in [1.29, 1.82) is 0 Å². The van der Waals surface area contributed by atoms with Crippen LogP contribution in [0.25, 0.3) is 0 Å². The van der Waals surface area contributed by atoms with Crippen LogP contribution in [0, 0.1) is 22.0 Å². The van der Waals surface area contributed by atoms with Crippen LogP contribution in [0.15, 0.2) is 47.6 Å². The van der Waals surface area contributed by atoms with E-state index in [-0.39, 0.29) is 28.1 Å². The van der Waals surface area contributed by atoms with E-state index in [4.69, 9.17) is 0 Å². The van der Waals surface area contributed by atoms with Crippen LogP contribution in [-0.4, -0.2) is 35.7 Å². The number of aromatic nitrogens is 1. The summed E-state index contributed by atoms with van der Waals surface area (Å²) < 4.78 is 27.5. The molecule has 9 heteroatoms. The van der Waals surface area contributed by atoms with Crippen LogP contribution in [0.1, 0.15) is 25.8 Å². The predicted octanol–water partition coefficient (Wildman–Crippen LogP) is 3.27. The molecule has 150 valence electrons. The van der Waals surface area contributed by atoms with Crippen LogP contribution in [0.5, 0.6) is 0 Å². The van der Waals surface area contributed by atoms with Gasteiger partial charge in [0.2, 0.25) is 10.0 Å². The van der Waals surface area contributed by atoms with Crippen molar-refractivity contribution in [3.05, 3.63) is 58.4 Å². The first-order valence-corrected chi connectivity index (χ1v) is 10.6. The summed E-state index contributed by atoms with van der Waals surface area (Å²) in [5.41, 5.74) is 0.876. The van der Waals surface area contributed by atoms with Crippen molar-refractivity contribution < 1.29 is 13.3 Å². The minimum Gasteiger partial charge on any atom is -0.375 e. The second-order valence-corrected chi connectivity index (χ2v) is 9.36. The van der Waals surface area contributed by atoms with Crippen LogP contribution in [0.3, 0.4) is 0 Å². The lowest BCUT2D eigenvalue weighted by Gasteiger charge is -2.34. The van der Waals surface area contributed by atoms with Crippen molar-refractivity contribution in [3.8, 4) is 0 Å². The molecule has 2 aromatic rings. The topological polar surface area (TPSA) is 105 Å². The molecule has 1 fully saturated rings. The molecule has 1 aliphatic rings. The highest BCUT2D eigenvalue weighted by molar-refractivity contribution is 7.89. The van der Waals surface area contributed by atoms with Gasteiger partial charge in [-0.3, -0.25) is 15.1 Å². The molecule has 1 aliphatic heterocycles. The monoisotopic (exact) mass is 404 g/mol. The Morgan fingerprint density at radius 2 is 1.96 bits per heavy atom. The highest BCUT2D eigenvalue weighted by atomic mass is 32.2. The van der Waals surface area contributed by atoms with Crippen LogP contribution < -0.4 is 5.32 Å². The van der Waals surface area contributed by atoms with E-state index in [2.05, 4.69) is 10.3 Å². The summed E-state index contributed by atoms with van der Waals surface area (Å²) in [6, 6.07) is 7.66. The summed E-state index contributed by atoms with van der Waals surface area (Å²) in [4.78, 5) is 14.9. The number of nitro groups is 1. The third-order valence-corrected chi connectivity index (χ3v) is 6.67. The van der Waals surface area contributed by atoms with Gasteiger partial charge in [-0.2, -0.15) is 4.31 Å². The number of nitrogens with zero attached hydrogens (tertiary/aromatic N) is 3. The van der Waals surface area contributed by atoms with Gasteiger partial charge in [0.25, 0.3) is 5.69 Å². The van der Waals surface area contributed by atoms with Gasteiger partial charge in [0.1, 0.15) is 5.69 Å². The lowest BCUT2D eigenvalue weighted by atomic mass is 9.94. The Labute approximate surface area is 164 Å². The Kier molecular flexibility index (Phi) is 5.95. The first-order valence-electron chi connectivity index (χ1n) is 9.18. The zero-order valence-electron chi connectivity index (χ0n) is 15.9. The number of benzene rings is 1. The molecule has 1 saturated heterocycles. The molecule has 0 aliphatic carbocycles. The number of anilines is 1. The van der Waals surface area contributed by atoms with Crippen molar-refractivity contribution in [3.63, 3.8) is 0 Å². The SMILES string of the molecule is C[C@H]1C[C@H](C)CN(S(=O)(=O)c2ccc(NCc3cccnc3)c([N+](=O)[O-])c2)C1. The number of sulfonamides is 1. The molecule has 0 saturated carbocycles. The molecule has 28 heavy (non-hydrogen) atoms. The van der Waals surface area contributed by atoms with Gasteiger partial charge in [0.15, 0.2) is 0 Å². The molecule has 0 bridgehead atoms. The van der Waals surface area contributed by atoms with Gasteiger partial charge >= 0.3 is 0 Å². The highest BCUT2D eigenvalue weighted by Crippen LogP contribution is 2.31. The Morgan fingerprint density at radius 1 is 1.25 bits per heavy atom. The molecule has 2 atom stereocenters. The van der Waals surface area contributed by atoms with E-state index in [1.807, 2.05) is 19.9 Å². The lowest BCUT2D eigenvalue weighted by Crippen LogP contribution is -2.42. The zero-order valence-corrected chi connectivity index (χ0v) is 16.7. The molecule has 1 aromatic carbocycles. The standard InChI is InChI=1S/C19H24N4O4S/c1-14-8-15(2)13-22(12-14)28(26,27)17-5-6-18(19(9-17)23(24)25)21-11-16-4-3-7-20-10-16/h3-7,9-10,14-15,21H,8,11-13H2,1-2H3/t14-,15-/m0/s1. The smallest absolute Gasteiger partial charge is 0.293 e. The lowest BCUT2D eigenvalue weighted by molar-refractivity contribution is -0.384.